The molecular formula is C96H56N4O4. The minimum atomic E-state index is 0.926. The molecular weight excluding hydrogens is 1270 g/mol. The van der Waals surface area contributed by atoms with Crippen LogP contribution in [0.2, 0.25) is 0 Å². The Morgan fingerprint density at radius 2 is 0.471 bits per heavy atom. The Kier molecular flexibility index (Phi) is 11.9. The number of rotatable bonds is 0. The highest BCUT2D eigenvalue weighted by Crippen LogP contribution is 2.45. The summed E-state index contributed by atoms with van der Waals surface area (Å²) in [4.78, 5) is 14.1. The summed E-state index contributed by atoms with van der Waals surface area (Å²) >= 11 is 0. The summed E-state index contributed by atoms with van der Waals surface area (Å²) in [6.07, 6.45) is 0. The summed E-state index contributed by atoms with van der Waals surface area (Å²) in [5, 5.41) is 34.0. The van der Waals surface area contributed by atoms with Crippen molar-refractivity contribution in [1.29, 1.82) is 0 Å². The topological polar surface area (TPSA) is 116 Å². The number of hydrogen-bond donors (Lipinski definition) is 4. The average molecular weight is 1330 g/mol. The summed E-state index contributed by atoms with van der Waals surface area (Å²) in [7, 11) is 0. The molecule has 0 atom stereocenters. The molecule has 104 heavy (non-hydrogen) atoms. The maximum absolute atomic E-state index is 6.46. The van der Waals surface area contributed by atoms with Crippen molar-refractivity contribution in [1.82, 2.24) is 19.9 Å². The maximum Gasteiger partial charge on any atom is 0.143 e. The van der Waals surface area contributed by atoms with Gasteiger partial charge in [0.2, 0.25) is 0 Å². The molecule has 8 heteroatoms. The number of fused-ring (bicyclic) bond motifs is 36. The molecule has 0 aliphatic heterocycles. The number of para-hydroxylation sites is 3. The van der Waals surface area contributed by atoms with E-state index in [2.05, 4.69) is 335 Å². The summed E-state index contributed by atoms with van der Waals surface area (Å²) in [5.74, 6) is 0. The monoisotopic (exact) mass is 1330 g/mol. The lowest BCUT2D eigenvalue weighted by Gasteiger charge is -2.05. The molecule has 0 spiro atoms. The fourth-order valence-electron chi connectivity index (χ4n) is 17.0. The first-order chi connectivity index (χ1) is 51.5. The van der Waals surface area contributed by atoms with Crippen molar-refractivity contribution in [3.63, 3.8) is 0 Å². The second-order valence-corrected chi connectivity index (χ2v) is 27.6. The first kappa shape index (κ1) is 56.8. The molecule has 0 saturated carbocycles. The molecule has 0 saturated heterocycles. The molecule has 0 fully saturated rings. The predicted molar refractivity (Wildman–Crippen MR) is 437 cm³/mol. The lowest BCUT2D eigenvalue weighted by molar-refractivity contribution is 0.670. The molecule has 26 rings (SSSR count). The second kappa shape index (κ2) is 21.7. The van der Waals surface area contributed by atoms with E-state index in [0.29, 0.717) is 0 Å². The van der Waals surface area contributed by atoms with Crippen LogP contribution in [0.4, 0.5) is 0 Å². The van der Waals surface area contributed by atoms with Crippen LogP contribution in [-0.4, -0.2) is 19.9 Å². The first-order valence-electron chi connectivity index (χ1n) is 35.3. The van der Waals surface area contributed by atoms with Gasteiger partial charge in [0, 0.05) is 149 Å². The minimum absolute atomic E-state index is 0.926. The van der Waals surface area contributed by atoms with E-state index in [1.807, 2.05) is 0 Å². The molecule has 8 nitrogen and oxygen atoms in total. The third kappa shape index (κ3) is 8.48. The normalized spacial score (nSPS) is 12.2. The van der Waals surface area contributed by atoms with Gasteiger partial charge in [0.15, 0.2) is 0 Å². The standard InChI is InChI=1S/2C26H15NO.2C22H13NO/c1-3-10-18-15(7-1)16-8-2-4-11-19(16)26-25(18)21-13-20-17-9-5-6-12-22(17)27-23(20)14-24(21)28-26;1-3-7-17-15(5-1)9-11-19-21-13-22-20-12-10-16-6-2-4-8-18(16)26(20)28-24(22)14-23(21)27-25(17)19;1-2-6-14-10-21-17(9-13(14)5-1)18-11-16-15-7-3-4-8-19(15)23-20(16)12-22(18)24-21;1-2-6-14-13(5-1)9-10-16-18-11-17-15-7-3-4-8-19(15)23-20(17)12-21(18)24-22(14)16/h2*1-14,27H;2*1-12,23H. The van der Waals surface area contributed by atoms with Gasteiger partial charge < -0.3 is 37.6 Å². The van der Waals surface area contributed by atoms with Gasteiger partial charge >= 0.3 is 0 Å². The Morgan fingerprint density at radius 3 is 1.00 bits per heavy atom. The molecule has 0 aliphatic carbocycles. The largest absolute Gasteiger partial charge is 0.456 e. The number of furan rings is 4. The summed E-state index contributed by atoms with van der Waals surface area (Å²) < 4.78 is 25.2. The van der Waals surface area contributed by atoms with E-state index in [-0.39, 0.29) is 0 Å². The van der Waals surface area contributed by atoms with E-state index in [0.717, 1.165) is 88.7 Å². The molecule has 26 aromatic rings. The molecule has 0 bridgehead atoms. The van der Waals surface area contributed by atoms with Crippen molar-refractivity contribution in [3.05, 3.63) is 315 Å². The fourth-order valence-corrected chi connectivity index (χ4v) is 17.0. The summed E-state index contributed by atoms with van der Waals surface area (Å²) in [5.41, 5.74) is 16.7. The van der Waals surface area contributed by atoms with Gasteiger partial charge in [-0.05, 0) is 110 Å². The fraction of sp³-hybridized carbons (Fsp3) is 0. The smallest absolute Gasteiger partial charge is 0.143 e. The van der Waals surface area contributed by atoms with Gasteiger partial charge in [0.05, 0.1) is 27.6 Å². The second-order valence-electron chi connectivity index (χ2n) is 27.6. The van der Waals surface area contributed by atoms with Gasteiger partial charge in [0.25, 0.3) is 0 Å². The maximum atomic E-state index is 6.46. The van der Waals surface area contributed by atoms with Crippen molar-refractivity contribution in [2.24, 2.45) is 0 Å². The number of H-pyrrole nitrogens is 4. The average Bonchev–Trinajstić information content (AvgIpc) is 1.56. The molecule has 8 aromatic heterocycles. The highest BCUT2D eigenvalue weighted by Gasteiger charge is 2.21. The number of aromatic nitrogens is 4. The van der Waals surface area contributed by atoms with Gasteiger partial charge in [0.1, 0.15) is 44.7 Å². The van der Waals surface area contributed by atoms with Crippen LogP contribution in [0.15, 0.2) is 333 Å². The van der Waals surface area contributed by atoms with E-state index >= 15 is 0 Å². The van der Waals surface area contributed by atoms with Crippen LogP contribution < -0.4 is 0 Å². The van der Waals surface area contributed by atoms with Gasteiger partial charge in [-0.3, -0.25) is 0 Å². The van der Waals surface area contributed by atoms with Crippen molar-refractivity contribution in [2.45, 2.75) is 0 Å². The molecule has 18 aromatic carbocycles. The zero-order valence-electron chi connectivity index (χ0n) is 55.7. The van der Waals surface area contributed by atoms with Gasteiger partial charge in [-0.25, -0.2) is 0 Å². The lowest BCUT2D eigenvalue weighted by atomic mass is 9.96. The van der Waals surface area contributed by atoms with Gasteiger partial charge in [-0.1, -0.05) is 224 Å². The van der Waals surface area contributed by atoms with E-state index in [1.165, 1.54) is 151 Å². The van der Waals surface area contributed by atoms with Crippen LogP contribution in [0.3, 0.4) is 0 Å². The molecule has 484 valence electrons. The van der Waals surface area contributed by atoms with Crippen molar-refractivity contribution >= 4 is 240 Å². The summed E-state index contributed by atoms with van der Waals surface area (Å²) in [6, 6.07) is 111. The van der Waals surface area contributed by atoms with E-state index in [4.69, 9.17) is 17.7 Å². The van der Waals surface area contributed by atoms with E-state index in [9.17, 15) is 0 Å². The molecule has 8 heterocycles. The number of aromatic amines is 4. The third-order valence-electron chi connectivity index (χ3n) is 21.9. The third-order valence-corrected chi connectivity index (χ3v) is 21.9. The lowest BCUT2D eigenvalue weighted by Crippen LogP contribution is -1.79. The van der Waals surface area contributed by atoms with Crippen LogP contribution in [0.25, 0.3) is 240 Å². The Morgan fingerprint density at radius 1 is 0.154 bits per heavy atom. The first-order valence-corrected chi connectivity index (χ1v) is 35.3. The number of benzene rings is 18. The quantitative estimate of drug-likeness (QED) is 0.113. The Bertz CT molecular complexity index is 7940. The van der Waals surface area contributed by atoms with Gasteiger partial charge in [-0.2, -0.15) is 0 Å². The molecule has 4 N–H and O–H groups in total. The number of nitrogens with one attached hydrogen (secondary N) is 4. The number of hydrogen-bond acceptors (Lipinski definition) is 4. The zero-order chi connectivity index (χ0) is 67.8. The highest BCUT2D eigenvalue weighted by atomic mass is 16.3. The molecule has 0 amide bonds. The van der Waals surface area contributed by atoms with Crippen molar-refractivity contribution < 1.29 is 17.7 Å². The van der Waals surface area contributed by atoms with Crippen LogP contribution in [-0.2, 0) is 0 Å². The summed E-state index contributed by atoms with van der Waals surface area (Å²) in [6.45, 7) is 0. The Hall–Kier alpha value is -14.1. The minimum Gasteiger partial charge on any atom is -0.456 e. The van der Waals surface area contributed by atoms with Crippen LogP contribution >= 0.6 is 0 Å². The van der Waals surface area contributed by atoms with E-state index < -0.39 is 0 Å². The highest BCUT2D eigenvalue weighted by molar-refractivity contribution is 6.32. The van der Waals surface area contributed by atoms with Crippen LogP contribution in [0.5, 0.6) is 0 Å². The molecule has 0 aliphatic rings. The van der Waals surface area contributed by atoms with Crippen LogP contribution in [0, 0.1) is 0 Å². The predicted octanol–water partition coefficient (Wildman–Crippen LogP) is 27.8. The van der Waals surface area contributed by atoms with E-state index in [1.54, 1.807) is 0 Å². The van der Waals surface area contributed by atoms with Gasteiger partial charge in [-0.15, -0.1) is 0 Å². The molecule has 0 unspecified atom stereocenters. The zero-order valence-corrected chi connectivity index (χ0v) is 55.7. The SMILES string of the molecule is c1ccc2c(c1)[nH]c1cc3oc4c5ccccc5c5ccccc5c4c3cc12.c1ccc2c(c1)ccc1c3cc4c(cc3[nH]c21)oc1c2ccccc2ccc41.c1ccc2c(c1)ccc1c3cc4c(cc3oc21)[nH]c1ccccc14.c1ccc2cc3c(cc2c1)oc1cc2[nH]c4ccccc4c2cc13. The van der Waals surface area contributed by atoms with Crippen molar-refractivity contribution in [2.75, 3.05) is 0 Å². The Balaban J connectivity index is 0.0000000850. The molecule has 0 radical (unpaired) electrons. The van der Waals surface area contributed by atoms with Crippen molar-refractivity contribution in [3.8, 4) is 0 Å². The van der Waals surface area contributed by atoms with Crippen LogP contribution in [0.1, 0.15) is 0 Å². The Labute approximate surface area is 589 Å².